The molecule has 0 saturated carbocycles. The lowest BCUT2D eigenvalue weighted by molar-refractivity contribution is -0.385. The van der Waals surface area contributed by atoms with Gasteiger partial charge >= 0.3 is 0 Å². The second-order valence-electron chi connectivity index (χ2n) is 5.64. The molecule has 1 aliphatic heterocycles. The van der Waals surface area contributed by atoms with Crippen LogP contribution in [0.1, 0.15) is 22.0 Å². The molecule has 1 N–H and O–H groups in total. The molecule has 2 amide bonds. The van der Waals surface area contributed by atoms with E-state index in [1.54, 1.807) is 24.3 Å². The molecular weight excluding hydrogens is 426 g/mol. The van der Waals surface area contributed by atoms with Crippen LogP contribution in [-0.4, -0.2) is 34.7 Å². The largest absolute Gasteiger partial charge is 0.352 e. The number of benzene rings is 2. The zero-order valence-electron chi connectivity index (χ0n) is 13.3. The molecule has 1 atom stereocenters. The lowest BCUT2D eigenvalue weighted by atomic mass is 10.0. The number of rotatable bonds is 3. The van der Waals surface area contributed by atoms with Gasteiger partial charge in [0.1, 0.15) is 6.04 Å². The highest BCUT2D eigenvalue weighted by atomic mass is 79.9. The van der Waals surface area contributed by atoms with Crippen molar-refractivity contribution in [2.75, 3.05) is 13.1 Å². The summed E-state index contributed by atoms with van der Waals surface area (Å²) in [5.74, 6) is -0.815. The minimum absolute atomic E-state index is 0.131. The van der Waals surface area contributed by atoms with Crippen LogP contribution in [-0.2, 0) is 4.79 Å². The zero-order valence-corrected chi connectivity index (χ0v) is 15.7. The highest BCUT2D eigenvalue weighted by molar-refractivity contribution is 9.10. The molecule has 1 saturated heterocycles. The molecule has 134 valence electrons. The molecule has 0 bridgehead atoms. The number of nitro benzene ring substituents is 1. The Kier molecular flexibility index (Phi) is 5.24. The number of nitro groups is 1. The van der Waals surface area contributed by atoms with Gasteiger partial charge in [-0.3, -0.25) is 19.7 Å². The third kappa shape index (κ3) is 3.42. The predicted molar refractivity (Wildman–Crippen MR) is 99.0 cm³/mol. The maximum atomic E-state index is 13.0. The lowest BCUT2D eigenvalue weighted by Crippen LogP contribution is -2.52. The van der Waals surface area contributed by atoms with Crippen LogP contribution in [0.3, 0.4) is 0 Å². The quantitative estimate of drug-likeness (QED) is 0.588. The molecule has 0 spiro atoms. The van der Waals surface area contributed by atoms with E-state index in [1.807, 2.05) is 0 Å². The van der Waals surface area contributed by atoms with E-state index >= 15 is 0 Å². The number of hydrogen-bond acceptors (Lipinski definition) is 4. The van der Waals surface area contributed by atoms with E-state index in [4.69, 9.17) is 11.6 Å². The first-order valence-electron chi connectivity index (χ1n) is 7.67. The van der Waals surface area contributed by atoms with Crippen LogP contribution in [0.5, 0.6) is 0 Å². The second-order valence-corrected chi connectivity index (χ2v) is 6.90. The van der Waals surface area contributed by atoms with Crippen molar-refractivity contribution in [3.8, 4) is 0 Å². The predicted octanol–water partition coefficient (Wildman–Crippen LogP) is 3.32. The molecule has 1 aliphatic rings. The number of amides is 2. The molecule has 1 heterocycles. The molecule has 0 radical (unpaired) electrons. The van der Waals surface area contributed by atoms with Crippen molar-refractivity contribution in [3.05, 3.63) is 73.2 Å². The minimum atomic E-state index is -0.896. The van der Waals surface area contributed by atoms with Crippen LogP contribution in [0.2, 0.25) is 5.02 Å². The molecule has 1 fully saturated rings. The van der Waals surface area contributed by atoms with Crippen molar-refractivity contribution < 1.29 is 14.5 Å². The topological polar surface area (TPSA) is 92.6 Å². The van der Waals surface area contributed by atoms with Gasteiger partial charge in [-0.15, -0.1) is 0 Å². The molecule has 7 nitrogen and oxygen atoms in total. The van der Waals surface area contributed by atoms with E-state index in [0.717, 1.165) is 0 Å². The van der Waals surface area contributed by atoms with E-state index in [2.05, 4.69) is 21.2 Å². The Hall–Kier alpha value is -2.45. The van der Waals surface area contributed by atoms with Gasteiger partial charge in [0.15, 0.2) is 0 Å². The molecular formula is C17H13BrClN3O4. The Labute approximate surface area is 162 Å². The van der Waals surface area contributed by atoms with Gasteiger partial charge in [-0.2, -0.15) is 0 Å². The fraction of sp³-hybridized carbons (Fsp3) is 0.176. The number of piperazine rings is 1. The van der Waals surface area contributed by atoms with E-state index in [9.17, 15) is 19.7 Å². The first-order valence-corrected chi connectivity index (χ1v) is 8.84. The van der Waals surface area contributed by atoms with Crippen molar-refractivity contribution in [2.24, 2.45) is 0 Å². The van der Waals surface area contributed by atoms with E-state index < -0.39 is 16.9 Å². The number of halogens is 2. The average Bonchev–Trinajstić information content (AvgIpc) is 2.62. The molecule has 9 heteroatoms. The van der Waals surface area contributed by atoms with Crippen molar-refractivity contribution >= 4 is 45.0 Å². The van der Waals surface area contributed by atoms with Crippen LogP contribution in [0, 0.1) is 10.1 Å². The Morgan fingerprint density at radius 2 is 2.04 bits per heavy atom. The summed E-state index contributed by atoms with van der Waals surface area (Å²) in [4.78, 5) is 37.4. The number of nitrogens with zero attached hydrogens (tertiary/aromatic N) is 2. The molecule has 2 aromatic rings. The molecule has 1 unspecified atom stereocenters. The van der Waals surface area contributed by atoms with Gasteiger partial charge in [-0.1, -0.05) is 29.8 Å². The van der Waals surface area contributed by atoms with Crippen LogP contribution >= 0.6 is 27.5 Å². The monoisotopic (exact) mass is 437 g/mol. The summed E-state index contributed by atoms with van der Waals surface area (Å²) in [5, 5.41) is 14.2. The molecule has 26 heavy (non-hydrogen) atoms. The maximum absolute atomic E-state index is 13.0. The summed E-state index contributed by atoms with van der Waals surface area (Å²) < 4.78 is 0.276. The van der Waals surface area contributed by atoms with Crippen LogP contribution in [0.15, 0.2) is 46.9 Å². The summed E-state index contributed by atoms with van der Waals surface area (Å²) in [7, 11) is 0. The molecule has 3 rings (SSSR count). The first-order chi connectivity index (χ1) is 12.4. The van der Waals surface area contributed by atoms with Gasteiger partial charge in [0.2, 0.25) is 5.91 Å². The molecule has 0 aromatic heterocycles. The van der Waals surface area contributed by atoms with Gasteiger partial charge in [0.05, 0.1) is 9.40 Å². The second kappa shape index (κ2) is 7.43. The van der Waals surface area contributed by atoms with Crippen molar-refractivity contribution in [1.82, 2.24) is 10.2 Å². The van der Waals surface area contributed by atoms with Crippen LogP contribution in [0.25, 0.3) is 0 Å². The van der Waals surface area contributed by atoms with Crippen molar-refractivity contribution in [3.63, 3.8) is 0 Å². The van der Waals surface area contributed by atoms with E-state index in [1.165, 1.54) is 23.1 Å². The van der Waals surface area contributed by atoms with E-state index in [-0.39, 0.29) is 28.2 Å². The van der Waals surface area contributed by atoms with Crippen LogP contribution < -0.4 is 5.32 Å². The van der Waals surface area contributed by atoms with Gasteiger partial charge in [-0.05, 0) is 34.1 Å². The molecule has 2 aromatic carbocycles. The number of hydrogen-bond donors (Lipinski definition) is 1. The Balaban J connectivity index is 2.01. The fourth-order valence-electron chi connectivity index (χ4n) is 2.84. The Morgan fingerprint density at radius 1 is 1.31 bits per heavy atom. The van der Waals surface area contributed by atoms with Crippen molar-refractivity contribution in [1.29, 1.82) is 0 Å². The summed E-state index contributed by atoms with van der Waals surface area (Å²) in [6, 6.07) is 10.0. The van der Waals surface area contributed by atoms with Crippen LogP contribution in [0.4, 0.5) is 5.69 Å². The lowest BCUT2D eigenvalue weighted by Gasteiger charge is -2.35. The first kappa shape index (κ1) is 18.3. The molecule has 0 aliphatic carbocycles. The SMILES string of the molecule is O=C1NCCN(C(=O)c2ccc(Br)c([N+](=O)[O-])c2)C1c1ccccc1Cl. The smallest absolute Gasteiger partial charge is 0.284 e. The van der Waals surface area contributed by atoms with E-state index in [0.29, 0.717) is 17.1 Å². The van der Waals surface area contributed by atoms with Crippen molar-refractivity contribution in [2.45, 2.75) is 6.04 Å². The highest BCUT2D eigenvalue weighted by Crippen LogP contribution is 2.32. The van der Waals surface area contributed by atoms with Gasteiger partial charge in [-0.25, -0.2) is 0 Å². The summed E-state index contributed by atoms with van der Waals surface area (Å²) in [6.45, 7) is 0.564. The Morgan fingerprint density at radius 3 is 2.73 bits per heavy atom. The minimum Gasteiger partial charge on any atom is -0.352 e. The third-order valence-electron chi connectivity index (χ3n) is 4.06. The fourth-order valence-corrected chi connectivity index (χ4v) is 3.47. The summed E-state index contributed by atoms with van der Waals surface area (Å²) >= 11 is 9.31. The average molecular weight is 439 g/mol. The highest BCUT2D eigenvalue weighted by Gasteiger charge is 2.36. The van der Waals surface area contributed by atoms with Gasteiger partial charge in [0, 0.05) is 35.3 Å². The van der Waals surface area contributed by atoms with Gasteiger partial charge < -0.3 is 10.2 Å². The third-order valence-corrected chi connectivity index (χ3v) is 5.08. The zero-order chi connectivity index (χ0) is 18.8. The normalized spacial score (nSPS) is 16.9. The number of nitrogens with one attached hydrogen (secondary N) is 1. The standard InChI is InChI=1S/C17H13BrClN3O4/c18-12-6-5-10(9-14(12)22(25)26)17(24)21-8-7-20-16(23)15(21)11-3-1-2-4-13(11)19/h1-6,9,15H,7-8H2,(H,20,23). The summed E-state index contributed by atoms with van der Waals surface area (Å²) in [6.07, 6.45) is 0. The Bertz CT molecular complexity index is 905. The number of carbonyl (C=O) groups excluding carboxylic acids is 2. The number of carbonyl (C=O) groups is 2. The summed E-state index contributed by atoms with van der Waals surface area (Å²) in [5.41, 5.74) is 0.421. The maximum Gasteiger partial charge on any atom is 0.284 e. The van der Waals surface area contributed by atoms with Gasteiger partial charge in [0.25, 0.3) is 11.6 Å².